The van der Waals surface area contributed by atoms with Gasteiger partial charge in [-0.15, -0.1) is 0 Å². The summed E-state index contributed by atoms with van der Waals surface area (Å²) in [6, 6.07) is 0. The van der Waals surface area contributed by atoms with Gasteiger partial charge in [0.1, 0.15) is 0 Å². The largest absolute Gasteiger partial charge is 0.329 e. The van der Waals surface area contributed by atoms with E-state index in [2.05, 4.69) is 0 Å². The maximum Gasteiger partial charge on any atom is 0.0361 e. The van der Waals surface area contributed by atoms with Crippen LogP contribution in [-0.4, -0.2) is 29.9 Å². The van der Waals surface area contributed by atoms with Gasteiger partial charge in [-0.05, 0) is 0 Å². The quantitative estimate of drug-likeness (QED) is 0.481. The van der Waals surface area contributed by atoms with Crippen molar-refractivity contribution in [3.8, 4) is 0 Å². The molecule has 0 aromatic heterocycles. The Hall–Kier alpha value is -0.120. The van der Waals surface area contributed by atoms with Crippen molar-refractivity contribution >= 4 is 0 Å². The van der Waals surface area contributed by atoms with Gasteiger partial charge in [-0.25, -0.2) is 0 Å². The fourth-order valence-electron chi connectivity index (χ4n) is 0.307. The summed E-state index contributed by atoms with van der Waals surface area (Å²) in [5.41, 5.74) is 5.10. The number of nitrogens with zero attached hydrogens (tertiary/aromatic N) is 1. The Morgan fingerprint density at radius 2 is 2.29 bits per heavy atom. The molecule has 0 aliphatic carbocycles. The summed E-state index contributed by atoms with van der Waals surface area (Å²) in [6.07, 6.45) is 0. The Bertz CT molecular complexity index is 40.7. The van der Waals surface area contributed by atoms with Gasteiger partial charge in [0.15, 0.2) is 0 Å². The second-order valence-corrected chi connectivity index (χ2v) is 1.33. The Labute approximate surface area is 43.7 Å². The van der Waals surface area contributed by atoms with Gasteiger partial charge in [0, 0.05) is 19.6 Å². The first-order valence-corrected chi connectivity index (χ1v) is 2.45. The average Bonchev–Trinajstić information content (AvgIpc) is 1.68. The molecule has 0 saturated carbocycles. The van der Waals surface area contributed by atoms with Crippen molar-refractivity contribution in [2.75, 3.05) is 19.6 Å². The van der Waals surface area contributed by atoms with Crippen LogP contribution in [0.25, 0.3) is 0 Å². The minimum Gasteiger partial charge on any atom is -0.329 e. The standard InChI is InChI=1S/C4H12N2O/c1-2-6(7)4-3-5/h7H,2-5H2,1H3. The van der Waals surface area contributed by atoms with Gasteiger partial charge < -0.3 is 10.9 Å². The summed E-state index contributed by atoms with van der Waals surface area (Å²) in [4.78, 5) is 0. The van der Waals surface area contributed by atoms with E-state index in [1.54, 1.807) is 0 Å². The lowest BCUT2D eigenvalue weighted by Crippen LogP contribution is -2.25. The monoisotopic (exact) mass is 104 g/mol. The van der Waals surface area contributed by atoms with E-state index in [4.69, 9.17) is 10.9 Å². The first-order chi connectivity index (χ1) is 3.31. The van der Waals surface area contributed by atoms with E-state index in [1.165, 1.54) is 5.06 Å². The first kappa shape index (κ1) is 6.88. The normalized spacial score (nSPS) is 10.3. The SMILES string of the molecule is CCN(O)CCN. The molecule has 0 unspecified atom stereocenters. The number of hydrogen-bond donors (Lipinski definition) is 2. The van der Waals surface area contributed by atoms with Crippen LogP contribution in [0.15, 0.2) is 0 Å². The summed E-state index contributed by atoms with van der Waals surface area (Å²) in [7, 11) is 0. The molecule has 0 heterocycles. The van der Waals surface area contributed by atoms with Gasteiger partial charge in [-0.1, -0.05) is 6.92 Å². The molecule has 0 aromatic rings. The molecular weight excluding hydrogens is 92.1 g/mol. The zero-order valence-electron chi connectivity index (χ0n) is 4.59. The highest BCUT2D eigenvalue weighted by atomic mass is 16.5. The van der Waals surface area contributed by atoms with Crippen LogP contribution >= 0.6 is 0 Å². The fourth-order valence-corrected chi connectivity index (χ4v) is 0.307. The lowest BCUT2D eigenvalue weighted by Gasteiger charge is -2.07. The minimum atomic E-state index is 0.518. The van der Waals surface area contributed by atoms with E-state index in [0.29, 0.717) is 19.6 Å². The predicted molar refractivity (Wildman–Crippen MR) is 28.1 cm³/mol. The van der Waals surface area contributed by atoms with Crippen molar-refractivity contribution in [1.29, 1.82) is 0 Å². The zero-order chi connectivity index (χ0) is 5.70. The van der Waals surface area contributed by atoms with Crippen LogP contribution in [-0.2, 0) is 0 Å². The number of nitrogens with two attached hydrogens (primary N) is 1. The van der Waals surface area contributed by atoms with Gasteiger partial charge in [0.05, 0.1) is 0 Å². The van der Waals surface area contributed by atoms with Crippen LogP contribution in [0.4, 0.5) is 0 Å². The van der Waals surface area contributed by atoms with E-state index >= 15 is 0 Å². The molecule has 0 saturated heterocycles. The Morgan fingerprint density at radius 1 is 1.71 bits per heavy atom. The molecule has 7 heavy (non-hydrogen) atoms. The molecule has 3 N–H and O–H groups in total. The second-order valence-electron chi connectivity index (χ2n) is 1.33. The second kappa shape index (κ2) is 4.05. The van der Waals surface area contributed by atoms with Gasteiger partial charge in [-0.2, -0.15) is 5.06 Å². The van der Waals surface area contributed by atoms with Crippen LogP contribution in [0.1, 0.15) is 6.92 Å². The van der Waals surface area contributed by atoms with Gasteiger partial charge in [-0.3, -0.25) is 0 Å². The van der Waals surface area contributed by atoms with Gasteiger partial charge >= 0.3 is 0 Å². The lowest BCUT2D eigenvalue weighted by molar-refractivity contribution is -0.0831. The molecular formula is C4H12N2O. The van der Waals surface area contributed by atoms with Crippen molar-refractivity contribution in [1.82, 2.24) is 5.06 Å². The molecule has 0 aromatic carbocycles. The number of hydrogen-bond acceptors (Lipinski definition) is 3. The molecule has 0 fully saturated rings. The molecule has 0 amide bonds. The molecule has 0 atom stereocenters. The number of rotatable bonds is 3. The third-order valence-corrected chi connectivity index (χ3v) is 0.752. The van der Waals surface area contributed by atoms with E-state index in [-0.39, 0.29) is 0 Å². The van der Waals surface area contributed by atoms with E-state index in [9.17, 15) is 0 Å². The molecule has 3 nitrogen and oxygen atoms in total. The smallest absolute Gasteiger partial charge is 0.0361 e. The predicted octanol–water partition coefficient (Wildman–Crippen LogP) is -0.344. The Morgan fingerprint density at radius 3 is 2.43 bits per heavy atom. The summed E-state index contributed by atoms with van der Waals surface area (Å²) in [5.74, 6) is 0. The molecule has 0 aliphatic heterocycles. The molecule has 0 rings (SSSR count). The molecule has 0 spiro atoms. The van der Waals surface area contributed by atoms with Crippen molar-refractivity contribution < 1.29 is 5.21 Å². The van der Waals surface area contributed by atoms with Gasteiger partial charge in [0.25, 0.3) is 0 Å². The highest BCUT2D eigenvalue weighted by Gasteiger charge is 1.89. The zero-order valence-corrected chi connectivity index (χ0v) is 4.59. The lowest BCUT2D eigenvalue weighted by atomic mass is 10.6. The van der Waals surface area contributed by atoms with Crippen LogP contribution in [0.5, 0.6) is 0 Å². The molecule has 0 radical (unpaired) electrons. The van der Waals surface area contributed by atoms with Crippen LogP contribution in [0, 0.1) is 0 Å². The van der Waals surface area contributed by atoms with E-state index in [1.807, 2.05) is 6.92 Å². The Kier molecular flexibility index (Phi) is 3.98. The molecule has 0 bridgehead atoms. The van der Waals surface area contributed by atoms with Crippen molar-refractivity contribution in [3.63, 3.8) is 0 Å². The maximum absolute atomic E-state index is 8.61. The maximum atomic E-state index is 8.61. The van der Waals surface area contributed by atoms with E-state index in [0.717, 1.165) is 0 Å². The van der Waals surface area contributed by atoms with Crippen molar-refractivity contribution in [2.45, 2.75) is 6.92 Å². The third kappa shape index (κ3) is 3.72. The molecule has 3 heteroatoms. The van der Waals surface area contributed by atoms with Crippen molar-refractivity contribution in [3.05, 3.63) is 0 Å². The number of hydroxylamine groups is 2. The highest BCUT2D eigenvalue weighted by molar-refractivity contribution is 4.38. The average molecular weight is 104 g/mol. The van der Waals surface area contributed by atoms with Gasteiger partial charge in [0.2, 0.25) is 0 Å². The first-order valence-electron chi connectivity index (χ1n) is 2.45. The van der Waals surface area contributed by atoms with Crippen molar-refractivity contribution in [2.24, 2.45) is 5.73 Å². The van der Waals surface area contributed by atoms with E-state index < -0.39 is 0 Å². The highest BCUT2D eigenvalue weighted by Crippen LogP contribution is 1.73. The molecule has 0 aliphatic rings. The van der Waals surface area contributed by atoms with Crippen LogP contribution in [0.2, 0.25) is 0 Å². The van der Waals surface area contributed by atoms with Crippen LogP contribution in [0.3, 0.4) is 0 Å². The summed E-state index contributed by atoms with van der Waals surface area (Å²) in [6.45, 7) is 3.60. The summed E-state index contributed by atoms with van der Waals surface area (Å²) >= 11 is 0. The topological polar surface area (TPSA) is 49.5 Å². The summed E-state index contributed by atoms with van der Waals surface area (Å²) in [5, 5.41) is 9.79. The molecule has 44 valence electrons. The summed E-state index contributed by atoms with van der Waals surface area (Å²) < 4.78 is 0. The third-order valence-electron chi connectivity index (χ3n) is 0.752. The minimum absolute atomic E-state index is 0.518. The number of likely N-dealkylation sites (N-methyl/N-ethyl adjacent to an activating group) is 1. The Balaban J connectivity index is 2.83. The van der Waals surface area contributed by atoms with Crippen LogP contribution < -0.4 is 5.73 Å². The fraction of sp³-hybridized carbons (Fsp3) is 1.00.